The smallest absolute Gasteiger partial charge is 0.382 e. The van der Waals surface area contributed by atoms with Crippen LogP contribution >= 0.6 is 0 Å². The molecule has 1 aromatic carbocycles. The third-order valence-corrected chi connectivity index (χ3v) is 4.00. The molecule has 1 fully saturated rings. The van der Waals surface area contributed by atoms with E-state index in [1.54, 1.807) is 0 Å². The first-order chi connectivity index (χ1) is 9.79. The Balaban J connectivity index is 2.23. The van der Waals surface area contributed by atoms with Gasteiger partial charge in [0.2, 0.25) is 0 Å². The van der Waals surface area contributed by atoms with Crippen molar-refractivity contribution >= 4 is 11.4 Å². The number of nitro groups is 1. The van der Waals surface area contributed by atoms with Gasteiger partial charge in [-0.3, -0.25) is 10.1 Å². The average Bonchev–Trinajstić information content (AvgIpc) is 2.91. The highest BCUT2D eigenvalue weighted by atomic mass is 19.4. The molecule has 1 unspecified atom stereocenters. The lowest BCUT2D eigenvalue weighted by Crippen LogP contribution is -2.24. The van der Waals surface area contributed by atoms with Crippen LogP contribution in [0.2, 0.25) is 0 Å². The molecule has 0 heterocycles. The van der Waals surface area contributed by atoms with Gasteiger partial charge >= 0.3 is 6.18 Å². The third-order valence-electron chi connectivity index (χ3n) is 4.00. The van der Waals surface area contributed by atoms with Gasteiger partial charge in [-0.25, -0.2) is 0 Å². The average molecular weight is 302 g/mol. The summed E-state index contributed by atoms with van der Waals surface area (Å²) >= 11 is 0. The number of benzene rings is 1. The van der Waals surface area contributed by atoms with Gasteiger partial charge in [0.05, 0.1) is 4.92 Å². The summed E-state index contributed by atoms with van der Waals surface area (Å²) in [6.45, 7) is 1.94. The maximum absolute atomic E-state index is 12.9. The fourth-order valence-corrected chi connectivity index (χ4v) is 2.85. The van der Waals surface area contributed by atoms with Crippen LogP contribution in [0.3, 0.4) is 0 Å². The Kier molecular flexibility index (Phi) is 4.39. The Labute approximate surface area is 120 Å². The monoisotopic (exact) mass is 302 g/mol. The van der Waals surface area contributed by atoms with Crippen LogP contribution in [0, 0.1) is 16.0 Å². The fourth-order valence-electron chi connectivity index (χ4n) is 2.85. The predicted octanol–water partition coefficient (Wildman–Crippen LogP) is 4.60. The van der Waals surface area contributed by atoms with Crippen LogP contribution in [0.1, 0.15) is 38.2 Å². The van der Waals surface area contributed by atoms with Gasteiger partial charge < -0.3 is 5.32 Å². The van der Waals surface area contributed by atoms with Crippen LogP contribution in [-0.2, 0) is 6.18 Å². The Morgan fingerprint density at radius 3 is 2.48 bits per heavy atom. The quantitative estimate of drug-likeness (QED) is 0.653. The second-order valence-electron chi connectivity index (χ2n) is 5.46. The minimum atomic E-state index is -4.74. The van der Waals surface area contributed by atoms with Crippen molar-refractivity contribution in [2.75, 3.05) is 5.32 Å². The summed E-state index contributed by atoms with van der Waals surface area (Å²) in [7, 11) is 0. The molecule has 0 radical (unpaired) electrons. The Morgan fingerprint density at radius 2 is 1.95 bits per heavy atom. The molecule has 1 N–H and O–H groups in total. The van der Waals surface area contributed by atoms with Gasteiger partial charge in [-0.2, -0.15) is 13.2 Å². The van der Waals surface area contributed by atoms with Gasteiger partial charge in [-0.1, -0.05) is 12.8 Å². The van der Waals surface area contributed by atoms with Crippen LogP contribution in [0.4, 0.5) is 24.5 Å². The van der Waals surface area contributed by atoms with E-state index in [0.29, 0.717) is 5.92 Å². The standard InChI is InChI=1S/C14H17F3N2O2/c1-9(10-4-2-3-5-10)18-11-6-7-13(19(20)21)12(8-11)14(15,16)17/h6-10,18H,2-5H2,1H3. The number of hydrogen-bond acceptors (Lipinski definition) is 3. The third kappa shape index (κ3) is 3.65. The summed E-state index contributed by atoms with van der Waals surface area (Å²) in [5.41, 5.74) is -1.86. The number of rotatable bonds is 4. The number of nitrogens with zero attached hydrogens (tertiary/aromatic N) is 1. The minimum absolute atomic E-state index is 0.0510. The molecule has 7 heteroatoms. The number of nitrogens with one attached hydrogen (secondary N) is 1. The van der Waals surface area contributed by atoms with Crippen molar-refractivity contribution in [3.63, 3.8) is 0 Å². The molecule has 21 heavy (non-hydrogen) atoms. The van der Waals surface area contributed by atoms with Crippen LogP contribution in [0.15, 0.2) is 18.2 Å². The van der Waals surface area contributed by atoms with Crippen molar-refractivity contribution in [3.8, 4) is 0 Å². The van der Waals surface area contributed by atoms with E-state index in [1.807, 2.05) is 6.92 Å². The summed E-state index contributed by atoms with van der Waals surface area (Å²) in [5.74, 6) is 0.439. The van der Waals surface area contributed by atoms with E-state index in [1.165, 1.54) is 6.07 Å². The van der Waals surface area contributed by atoms with Crippen molar-refractivity contribution in [1.29, 1.82) is 0 Å². The normalized spacial score (nSPS) is 17.7. The van der Waals surface area contributed by atoms with E-state index >= 15 is 0 Å². The molecule has 1 aromatic rings. The molecule has 0 saturated heterocycles. The summed E-state index contributed by atoms with van der Waals surface area (Å²) in [6, 6.07) is 3.12. The Bertz CT molecular complexity index is 525. The molecule has 0 spiro atoms. The summed E-state index contributed by atoms with van der Waals surface area (Å²) in [4.78, 5) is 9.69. The van der Waals surface area contributed by atoms with Crippen molar-refractivity contribution in [2.24, 2.45) is 5.92 Å². The number of alkyl halides is 3. The second-order valence-corrected chi connectivity index (χ2v) is 5.46. The van der Waals surface area contributed by atoms with E-state index in [-0.39, 0.29) is 11.7 Å². The highest BCUT2D eigenvalue weighted by molar-refractivity contribution is 5.55. The summed E-state index contributed by atoms with van der Waals surface area (Å²) in [5, 5.41) is 13.7. The van der Waals surface area contributed by atoms with Crippen LogP contribution in [0.5, 0.6) is 0 Å². The lowest BCUT2D eigenvalue weighted by Gasteiger charge is -2.22. The molecule has 116 valence electrons. The first-order valence-electron chi connectivity index (χ1n) is 6.91. The largest absolute Gasteiger partial charge is 0.423 e. The van der Waals surface area contributed by atoms with Crippen molar-refractivity contribution in [2.45, 2.75) is 44.8 Å². The zero-order valence-electron chi connectivity index (χ0n) is 11.6. The SMILES string of the molecule is CC(Nc1ccc([N+](=O)[O-])c(C(F)(F)F)c1)C1CCCC1. The van der Waals surface area contributed by atoms with E-state index in [9.17, 15) is 23.3 Å². The van der Waals surface area contributed by atoms with Gasteiger partial charge in [0.1, 0.15) is 5.56 Å². The van der Waals surface area contributed by atoms with Crippen LogP contribution in [0.25, 0.3) is 0 Å². The first-order valence-corrected chi connectivity index (χ1v) is 6.91. The second kappa shape index (κ2) is 5.91. The number of anilines is 1. The van der Waals surface area contributed by atoms with Crippen molar-refractivity contribution in [1.82, 2.24) is 0 Å². The summed E-state index contributed by atoms with van der Waals surface area (Å²) in [6.07, 6.45) is -0.327. The van der Waals surface area contributed by atoms with Gasteiger partial charge in [0.25, 0.3) is 5.69 Å². The molecule has 0 aliphatic heterocycles. The predicted molar refractivity (Wildman–Crippen MR) is 73.1 cm³/mol. The van der Waals surface area contributed by atoms with Crippen molar-refractivity contribution in [3.05, 3.63) is 33.9 Å². The topological polar surface area (TPSA) is 55.2 Å². The molecule has 1 atom stereocenters. The Morgan fingerprint density at radius 1 is 1.33 bits per heavy atom. The highest BCUT2D eigenvalue weighted by Crippen LogP contribution is 2.38. The van der Waals surface area contributed by atoms with E-state index < -0.39 is 22.4 Å². The van der Waals surface area contributed by atoms with Gasteiger partial charge in [-0.05, 0) is 37.8 Å². The maximum atomic E-state index is 12.9. The van der Waals surface area contributed by atoms with E-state index in [2.05, 4.69) is 5.32 Å². The molecule has 1 aliphatic carbocycles. The van der Waals surface area contributed by atoms with E-state index in [0.717, 1.165) is 37.8 Å². The number of halogens is 3. The highest BCUT2D eigenvalue weighted by Gasteiger charge is 2.38. The Hall–Kier alpha value is -1.79. The number of hydrogen-bond donors (Lipinski definition) is 1. The fraction of sp³-hybridized carbons (Fsp3) is 0.571. The van der Waals surface area contributed by atoms with Crippen LogP contribution in [-0.4, -0.2) is 11.0 Å². The van der Waals surface area contributed by atoms with Gasteiger partial charge in [0, 0.05) is 17.8 Å². The zero-order chi connectivity index (χ0) is 15.6. The van der Waals surface area contributed by atoms with Gasteiger partial charge in [0.15, 0.2) is 0 Å². The molecule has 0 aromatic heterocycles. The lowest BCUT2D eigenvalue weighted by atomic mass is 9.99. The molecule has 0 amide bonds. The molecule has 0 bridgehead atoms. The molecular formula is C14H17F3N2O2. The molecule has 1 saturated carbocycles. The van der Waals surface area contributed by atoms with E-state index in [4.69, 9.17) is 0 Å². The maximum Gasteiger partial charge on any atom is 0.423 e. The number of nitro benzene ring substituents is 1. The van der Waals surface area contributed by atoms with Gasteiger partial charge in [-0.15, -0.1) is 0 Å². The lowest BCUT2D eigenvalue weighted by molar-refractivity contribution is -0.388. The van der Waals surface area contributed by atoms with Crippen molar-refractivity contribution < 1.29 is 18.1 Å². The minimum Gasteiger partial charge on any atom is -0.382 e. The summed E-state index contributed by atoms with van der Waals surface area (Å²) < 4.78 is 38.7. The first kappa shape index (κ1) is 15.6. The molecule has 1 aliphatic rings. The van der Waals surface area contributed by atoms with Crippen LogP contribution < -0.4 is 5.32 Å². The molecular weight excluding hydrogens is 285 g/mol. The zero-order valence-corrected chi connectivity index (χ0v) is 11.6. The molecule has 4 nitrogen and oxygen atoms in total. The molecule has 2 rings (SSSR count).